The summed E-state index contributed by atoms with van der Waals surface area (Å²) in [6.45, 7) is 0. The summed E-state index contributed by atoms with van der Waals surface area (Å²) in [4.78, 5) is 0. The fourth-order valence-electron chi connectivity index (χ4n) is 2.22. The first kappa shape index (κ1) is 18.3. The minimum atomic E-state index is 0.669. The van der Waals surface area contributed by atoms with Crippen LogP contribution in [0.3, 0.4) is 0 Å². The molecule has 0 amide bonds. The van der Waals surface area contributed by atoms with Crippen LogP contribution in [0.2, 0.25) is 5.02 Å². The third-order valence-corrected chi connectivity index (χ3v) is 4.92. The molecule has 6 nitrogen and oxygen atoms in total. The van der Waals surface area contributed by atoms with Gasteiger partial charge in [-0.2, -0.15) is 9.78 Å². The van der Waals surface area contributed by atoms with Gasteiger partial charge in [-0.1, -0.05) is 41.6 Å². The monoisotopic (exact) mass is 388 g/mol. The first-order valence-electron chi connectivity index (χ1n) is 7.74. The van der Waals surface area contributed by atoms with Crippen LogP contribution in [0.1, 0.15) is 11.1 Å². The Bertz CT molecular complexity index is 914. The fraction of sp³-hybridized carbons (Fsp3) is 0.167. The number of thioether (sulfide) groups is 1. The fourth-order valence-corrected chi connectivity index (χ4v) is 3.37. The molecule has 2 aromatic carbocycles. The second kappa shape index (κ2) is 8.73. The molecule has 1 heterocycles. The highest BCUT2D eigenvalue weighted by Gasteiger charge is 2.07. The number of hydrogen-bond acceptors (Lipinski definition) is 6. The summed E-state index contributed by atoms with van der Waals surface area (Å²) < 4.78 is 12.2. The zero-order valence-electron chi connectivity index (χ0n) is 14.3. The van der Waals surface area contributed by atoms with E-state index >= 15 is 0 Å². The Morgan fingerprint density at radius 3 is 2.81 bits per heavy atom. The number of nitrogens with zero attached hydrogens (tertiary/aromatic N) is 4. The summed E-state index contributed by atoms with van der Waals surface area (Å²) in [6, 6.07) is 13.2. The van der Waals surface area contributed by atoms with E-state index in [2.05, 4.69) is 15.3 Å². The number of methoxy groups -OCH3 is 2. The van der Waals surface area contributed by atoms with E-state index in [0.29, 0.717) is 16.7 Å². The lowest BCUT2D eigenvalue weighted by molar-refractivity contribution is 0.402. The van der Waals surface area contributed by atoms with Crippen molar-refractivity contribution in [3.63, 3.8) is 0 Å². The topological polar surface area (TPSA) is 61.5 Å². The van der Waals surface area contributed by atoms with E-state index in [4.69, 9.17) is 21.1 Å². The molecule has 0 aliphatic heterocycles. The lowest BCUT2D eigenvalue weighted by atomic mass is 10.2. The maximum Gasteiger partial charge on any atom is 0.212 e. The highest BCUT2D eigenvalue weighted by atomic mass is 35.5. The van der Waals surface area contributed by atoms with Gasteiger partial charge in [-0.3, -0.25) is 0 Å². The van der Waals surface area contributed by atoms with E-state index in [0.717, 1.165) is 21.9 Å². The van der Waals surface area contributed by atoms with E-state index in [1.165, 1.54) is 11.8 Å². The summed E-state index contributed by atoms with van der Waals surface area (Å²) in [7, 11) is 3.23. The van der Waals surface area contributed by atoms with Gasteiger partial charge >= 0.3 is 0 Å². The molecule has 3 aromatic rings. The largest absolute Gasteiger partial charge is 0.497 e. The molecule has 0 aliphatic carbocycles. The Morgan fingerprint density at radius 1 is 1.19 bits per heavy atom. The van der Waals surface area contributed by atoms with Crippen molar-refractivity contribution < 1.29 is 9.47 Å². The zero-order valence-corrected chi connectivity index (χ0v) is 15.9. The SMILES string of the molecule is COc1ccc(OC)c(/C=N\n2cnnc2SCc2ccccc2Cl)c1. The molecule has 0 aliphatic rings. The molecule has 1 aromatic heterocycles. The maximum atomic E-state index is 6.20. The van der Waals surface area contributed by atoms with Crippen LogP contribution in [0.4, 0.5) is 0 Å². The van der Waals surface area contributed by atoms with Crippen molar-refractivity contribution in [2.45, 2.75) is 10.9 Å². The summed E-state index contributed by atoms with van der Waals surface area (Å²) >= 11 is 7.70. The van der Waals surface area contributed by atoms with Gasteiger partial charge in [0.25, 0.3) is 0 Å². The molecular weight excluding hydrogens is 372 g/mol. The van der Waals surface area contributed by atoms with Gasteiger partial charge in [0.15, 0.2) is 0 Å². The molecule has 0 fully saturated rings. The highest BCUT2D eigenvalue weighted by molar-refractivity contribution is 7.98. The van der Waals surface area contributed by atoms with Gasteiger partial charge in [-0.25, -0.2) is 0 Å². The van der Waals surface area contributed by atoms with Crippen molar-refractivity contribution in [3.05, 3.63) is 64.9 Å². The van der Waals surface area contributed by atoms with Crippen molar-refractivity contribution in [1.82, 2.24) is 14.9 Å². The summed E-state index contributed by atoms with van der Waals surface area (Å²) in [5.41, 5.74) is 1.83. The van der Waals surface area contributed by atoms with E-state index in [-0.39, 0.29) is 0 Å². The minimum absolute atomic E-state index is 0.669. The Balaban J connectivity index is 1.77. The Kier molecular flexibility index (Phi) is 6.14. The Labute approximate surface area is 160 Å². The van der Waals surface area contributed by atoms with Crippen LogP contribution in [0.25, 0.3) is 0 Å². The molecule has 0 unspecified atom stereocenters. The second-order valence-corrected chi connectivity index (χ2v) is 6.54. The number of aromatic nitrogens is 3. The van der Waals surface area contributed by atoms with Gasteiger partial charge in [0, 0.05) is 16.3 Å². The van der Waals surface area contributed by atoms with Gasteiger partial charge in [0.1, 0.15) is 17.8 Å². The van der Waals surface area contributed by atoms with Crippen molar-refractivity contribution in [2.75, 3.05) is 14.2 Å². The normalized spacial score (nSPS) is 11.0. The van der Waals surface area contributed by atoms with E-state index in [1.54, 1.807) is 31.4 Å². The van der Waals surface area contributed by atoms with Crippen LogP contribution in [0.15, 0.2) is 59.0 Å². The van der Waals surface area contributed by atoms with Crippen LogP contribution < -0.4 is 9.47 Å². The average molecular weight is 389 g/mol. The molecule has 0 radical (unpaired) electrons. The number of benzene rings is 2. The zero-order chi connectivity index (χ0) is 18.4. The Hall–Kier alpha value is -2.51. The van der Waals surface area contributed by atoms with Gasteiger partial charge in [0.05, 0.1) is 20.4 Å². The number of hydrogen-bond donors (Lipinski definition) is 0. The van der Waals surface area contributed by atoms with Crippen LogP contribution >= 0.6 is 23.4 Å². The highest BCUT2D eigenvalue weighted by Crippen LogP contribution is 2.26. The standard InChI is InChI=1S/C18H17ClN4O2S/c1-24-15-7-8-17(25-2)14(9-15)10-21-23-12-20-22-18(23)26-11-13-5-3-4-6-16(13)19/h3-10,12H,11H2,1-2H3/b21-10-. The van der Waals surface area contributed by atoms with Crippen LogP contribution in [0.5, 0.6) is 11.5 Å². The van der Waals surface area contributed by atoms with Crippen molar-refractivity contribution in [1.29, 1.82) is 0 Å². The van der Waals surface area contributed by atoms with Crippen molar-refractivity contribution in [3.8, 4) is 11.5 Å². The number of halogens is 1. The van der Waals surface area contributed by atoms with Crippen molar-refractivity contribution in [2.24, 2.45) is 5.10 Å². The number of rotatable bonds is 7. The quantitative estimate of drug-likeness (QED) is 0.450. The van der Waals surface area contributed by atoms with E-state index in [9.17, 15) is 0 Å². The molecule has 8 heteroatoms. The third kappa shape index (κ3) is 4.36. The predicted octanol–water partition coefficient (Wildman–Crippen LogP) is 4.12. The number of ether oxygens (including phenoxy) is 2. The Morgan fingerprint density at radius 2 is 2.04 bits per heavy atom. The predicted molar refractivity (Wildman–Crippen MR) is 104 cm³/mol. The molecule has 0 saturated heterocycles. The van der Waals surface area contributed by atoms with Gasteiger partial charge in [0.2, 0.25) is 5.16 Å². The first-order valence-corrected chi connectivity index (χ1v) is 9.10. The first-order chi connectivity index (χ1) is 12.7. The van der Waals surface area contributed by atoms with Crippen LogP contribution in [-0.2, 0) is 5.75 Å². The van der Waals surface area contributed by atoms with Gasteiger partial charge < -0.3 is 9.47 Å². The molecule has 0 bridgehead atoms. The van der Waals surface area contributed by atoms with Gasteiger partial charge in [-0.05, 0) is 29.8 Å². The molecular formula is C18H17ClN4O2S. The smallest absolute Gasteiger partial charge is 0.212 e. The second-order valence-electron chi connectivity index (χ2n) is 5.19. The lowest BCUT2D eigenvalue weighted by Gasteiger charge is -2.07. The van der Waals surface area contributed by atoms with Gasteiger partial charge in [-0.15, -0.1) is 10.2 Å². The average Bonchev–Trinajstić information content (AvgIpc) is 3.12. The molecule has 3 rings (SSSR count). The summed E-state index contributed by atoms with van der Waals surface area (Å²) in [6.07, 6.45) is 3.24. The minimum Gasteiger partial charge on any atom is -0.497 e. The van der Waals surface area contributed by atoms with Crippen LogP contribution in [-0.4, -0.2) is 35.3 Å². The molecule has 26 heavy (non-hydrogen) atoms. The molecule has 0 N–H and O–H groups in total. The summed E-state index contributed by atoms with van der Waals surface area (Å²) in [5.74, 6) is 2.10. The molecule has 134 valence electrons. The van der Waals surface area contributed by atoms with E-state index in [1.807, 2.05) is 42.5 Å². The van der Waals surface area contributed by atoms with E-state index < -0.39 is 0 Å². The lowest BCUT2D eigenvalue weighted by Crippen LogP contribution is -1.96. The van der Waals surface area contributed by atoms with Crippen LogP contribution in [0, 0.1) is 0 Å². The maximum absolute atomic E-state index is 6.20. The molecule has 0 saturated carbocycles. The van der Waals surface area contributed by atoms with Crippen molar-refractivity contribution >= 4 is 29.6 Å². The molecule has 0 spiro atoms. The third-order valence-electron chi connectivity index (χ3n) is 3.57. The molecule has 0 atom stereocenters. The summed E-state index contributed by atoms with van der Waals surface area (Å²) in [5, 5.41) is 13.9.